The number of ether oxygens (including phenoxy) is 1. The second-order valence-electron chi connectivity index (χ2n) is 7.57. The number of hydrogen-bond donors (Lipinski definition) is 1. The highest BCUT2D eigenvalue weighted by molar-refractivity contribution is 6.08. The molecule has 0 spiro atoms. The predicted molar refractivity (Wildman–Crippen MR) is 123 cm³/mol. The van der Waals surface area contributed by atoms with Crippen molar-refractivity contribution >= 4 is 11.9 Å². The van der Waals surface area contributed by atoms with E-state index in [0.29, 0.717) is 23.6 Å². The van der Waals surface area contributed by atoms with Crippen LogP contribution in [0.4, 0.5) is 0 Å². The van der Waals surface area contributed by atoms with E-state index in [2.05, 4.69) is 16.4 Å². The summed E-state index contributed by atoms with van der Waals surface area (Å²) in [5.41, 5.74) is 4.64. The zero-order valence-electron chi connectivity index (χ0n) is 18.2. The van der Waals surface area contributed by atoms with E-state index >= 15 is 0 Å². The summed E-state index contributed by atoms with van der Waals surface area (Å²) in [7, 11) is 0. The van der Waals surface area contributed by atoms with Crippen LogP contribution < -0.4 is 4.74 Å². The van der Waals surface area contributed by atoms with E-state index < -0.39 is 0 Å². The maximum atomic E-state index is 13.1. The van der Waals surface area contributed by atoms with Gasteiger partial charge in [-0.2, -0.15) is 0 Å². The quantitative estimate of drug-likeness (QED) is 0.265. The number of nitrogens with zero attached hydrogens (tertiary/aromatic N) is 1. The summed E-state index contributed by atoms with van der Waals surface area (Å²) >= 11 is 0. The van der Waals surface area contributed by atoms with Gasteiger partial charge in [-0.25, -0.2) is 4.89 Å². The van der Waals surface area contributed by atoms with Crippen molar-refractivity contribution in [2.24, 2.45) is 0 Å². The van der Waals surface area contributed by atoms with Gasteiger partial charge in [-0.3, -0.25) is 10.1 Å². The number of carbonyl (C=O) groups excluding carboxylic acids is 1. The van der Waals surface area contributed by atoms with Crippen LogP contribution in [0.5, 0.6) is 5.75 Å². The summed E-state index contributed by atoms with van der Waals surface area (Å²) in [6.07, 6.45) is 4.65. The highest BCUT2D eigenvalue weighted by atomic mass is 17.1. The van der Waals surface area contributed by atoms with Crippen LogP contribution >= 0.6 is 0 Å². The number of ketones is 1. The molecule has 0 aliphatic rings. The van der Waals surface area contributed by atoms with Crippen molar-refractivity contribution in [3.63, 3.8) is 0 Å². The van der Waals surface area contributed by atoms with Crippen LogP contribution in [0, 0.1) is 6.92 Å². The highest BCUT2D eigenvalue weighted by Crippen LogP contribution is 2.18. The smallest absolute Gasteiger partial charge is 0.209 e. The number of allylic oxidation sites excluding steroid dienone is 1. The Bertz CT molecular complexity index is 1030. The van der Waals surface area contributed by atoms with Crippen molar-refractivity contribution < 1.29 is 19.7 Å². The minimum atomic E-state index is -0.258. The van der Waals surface area contributed by atoms with Gasteiger partial charge in [-0.15, -0.1) is 0 Å². The molecular weight excluding hydrogens is 390 g/mol. The molecule has 0 aliphatic heterocycles. The van der Waals surface area contributed by atoms with Crippen molar-refractivity contribution in [2.75, 3.05) is 6.61 Å². The van der Waals surface area contributed by atoms with Crippen LogP contribution in [0.25, 0.3) is 6.08 Å². The van der Waals surface area contributed by atoms with Gasteiger partial charge in [0.25, 0.3) is 0 Å². The van der Waals surface area contributed by atoms with Crippen LogP contribution in [0.15, 0.2) is 66.7 Å². The van der Waals surface area contributed by atoms with Gasteiger partial charge < -0.3 is 9.30 Å². The van der Waals surface area contributed by atoms with Crippen molar-refractivity contribution in [3.8, 4) is 5.75 Å². The fourth-order valence-electron chi connectivity index (χ4n) is 3.44. The SMILES string of the molecule is CCc1ccc(C(=O)c2ccc(C)cc2)n1C/C=C/c1cccc(O[C@@H](C)COO)c1. The lowest BCUT2D eigenvalue weighted by molar-refractivity contribution is -0.253. The van der Waals surface area contributed by atoms with Crippen molar-refractivity contribution in [2.45, 2.75) is 39.8 Å². The minimum absolute atomic E-state index is 0.0311. The number of benzene rings is 2. The van der Waals surface area contributed by atoms with Gasteiger partial charge in [-0.1, -0.05) is 61.0 Å². The fraction of sp³-hybridized carbons (Fsp3) is 0.269. The maximum absolute atomic E-state index is 13.1. The molecule has 0 saturated heterocycles. The highest BCUT2D eigenvalue weighted by Gasteiger charge is 2.15. The molecule has 1 N–H and O–H groups in total. The van der Waals surface area contributed by atoms with Gasteiger partial charge in [0.05, 0.1) is 5.69 Å². The summed E-state index contributed by atoms with van der Waals surface area (Å²) < 4.78 is 7.79. The van der Waals surface area contributed by atoms with Gasteiger partial charge in [0.15, 0.2) is 0 Å². The predicted octanol–water partition coefficient (Wildman–Crippen LogP) is 5.56. The molecule has 0 aliphatic carbocycles. The first-order valence-electron chi connectivity index (χ1n) is 10.5. The number of aryl methyl sites for hydroxylation is 2. The summed E-state index contributed by atoms with van der Waals surface area (Å²) in [4.78, 5) is 17.2. The van der Waals surface area contributed by atoms with Crippen molar-refractivity contribution in [1.82, 2.24) is 4.57 Å². The average Bonchev–Trinajstić information content (AvgIpc) is 3.17. The number of hydrogen-bond acceptors (Lipinski definition) is 4. The fourth-order valence-corrected chi connectivity index (χ4v) is 3.44. The second kappa shape index (κ2) is 10.8. The van der Waals surface area contributed by atoms with E-state index in [1.165, 1.54) is 0 Å². The molecule has 162 valence electrons. The lowest BCUT2D eigenvalue weighted by atomic mass is 10.1. The third kappa shape index (κ3) is 5.94. The van der Waals surface area contributed by atoms with Crippen LogP contribution in [-0.4, -0.2) is 28.3 Å². The Morgan fingerprint density at radius 2 is 1.90 bits per heavy atom. The third-order valence-electron chi connectivity index (χ3n) is 5.08. The third-order valence-corrected chi connectivity index (χ3v) is 5.08. The van der Waals surface area contributed by atoms with Crippen LogP contribution in [0.3, 0.4) is 0 Å². The van der Waals surface area contributed by atoms with Gasteiger partial charge in [0, 0.05) is 17.8 Å². The number of carbonyl (C=O) groups is 1. The Labute approximate surface area is 183 Å². The molecule has 0 bridgehead atoms. The average molecular weight is 420 g/mol. The molecule has 2 aromatic carbocycles. The van der Waals surface area contributed by atoms with Crippen molar-refractivity contribution in [1.29, 1.82) is 0 Å². The van der Waals surface area contributed by atoms with E-state index in [0.717, 1.165) is 23.2 Å². The molecule has 0 fully saturated rings. The molecule has 0 amide bonds. The molecule has 1 heterocycles. The molecule has 5 heteroatoms. The molecular formula is C26H29NO4. The zero-order valence-corrected chi connectivity index (χ0v) is 18.2. The van der Waals surface area contributed by atoms with Gasteiger partial charge in [0.2, 0.25) is 5.78 Å². The normalized spacial score (nSPS) is 12.3. The molecule has 0 saturated carbocycles. The standard InChI is InChI=1S/C26H29NO4/c1-4-23-14-15-25(26(28)22-12-10-19(2)11-13-22)27(23)16-6-8-21-7-5-9-24(17-21)31-20(3)18-30-29/h5-15,17,20,29H,4,16,18H2,1-3H3/b8-6+/t20-/m0/s1. The summed E-state index contributed by atoms with van der Waals surface area (Å²) in [6.45, 7) is 6.63. The topological polar surface area (TPSA) is 60.7 Å². The minimum Gasteiger partial charge on any atom is -0.488 e. The van der Waals surface area contributed by atoms with E-state index in [1.54, 1.807) is 0 Å². The molecule has 0 radical (unpaired) electrons. The van der Waals surface area contributed by atoms with E-state index in [4.69, 9.17) is 9.99 Å². The Balaban J connectivity index is 1.76. The Kier molecular flexibility index (Phi) is 7.82. The van der Waals surface area contributed by atoms with Crippen LogP contribution in [0.1, 0.15) is 46.7 Å². The Hall–Kier alpha value is -3.15. The van der Waals surface area contributed by atoms with Gasteiger partial charge in [0.1, 0.15) is 18.5 Å². The Morgan fingerprint density at radius 3 is 2.61 bits per heavy atom. The first kappa shape index (κ1) is 22.5. The van der Waals surface area contributed by atoms with Crippen LogP contribution in [-0.2, 0) is 17.9 Å². The van der Waals surface area contributed by atoms with Crippen molar-refractivity contribution in [3.05, 3.63) is 94.8 Å². The summed E-state index contributed by atoms with van der Waals surface area (Å²) in [6, 6.07) is 19.3. The van der Waals surface area contributed by atoms with Gasteiger partial charge >= 0.3 is 0 Å². The molecule has 3 aromatic rings. The number of aromatic nitrogens is 1. The van der Waals surface area contributed by atoms with Gasteiger partial charge in [-0.05, 0) is 50.1 Å². The Morgan fingerprint density at radius 1 is 1.13 bits per heavy atom. The zero-order chi connectivity index (χ0) is 22.2. The number of rotatable bonds is 10. The van der Waals surface area contributed by atoms with E-state index in [-0.39, 0.29) is 18.5 Å². The molecule has 3 rings (SSSR count). The molecule has 1 aromatic heterocycles. The molecule has 31 heavy (non-hydrogen) atoms. The summed E-state index contributed by atoms with van der Waals surface area (Å²) in [5.74, 6) is 0.737. The molecule has 0 unspecified atom stereocenters. The van der Waals surface area contributed by atoms with E-state index in [1.807, 2.05) is 86.7 Å². The largest absolute Gasteiger partial charge is 0.488 e. The lowest BCUT2D eigenvalue weighted by Crippen LogP contribution is -2.18. The first-order valence-corrected chi connectivity index (χ1v) is 10.5. The monoisotopic (exact) mass is 419 g/mol. The molecule has 1 atom stereocenters. The summed E-state index contributed by atoms with van der Waals surface area (Å²) in [5, 5.41) is 8.55. The van der Waals surface area contributed by atoms with E-state index in [9.17, 15) is 4.79 Å². The van der Waals surface area contributed by atoms with Crippen LogP contribution in [0.2, 0.25) is 0 Å². The lowest BCUT2D eigenvalue weighted by Gasteiger charge is -2.13. The second-order valence-corrected chi connectivity index (χ2v) is 7.57. The first-order chi connectivity index (χ1) is 15.0. The maximum Gasteiger partial charge on any atom is 0.209 e. The molecule has 5 nitrogen and oxygen atoms in total.